The largest absolute Gasteiger partial charge is 0.372 e. The summed E-state index contributed by atoms with van der Waals surface area (Å²) in [6, 6.07) is 11.6. The summed E-state index contributed by atoms with van der Waals surface area (Å²) in [7, 11) is 0. The Bertz CT molecular complexity index is 1070. The van der Waals surface area contributed by atoms with Gasteiger partial charge in [0.2, 0.25) is 0 Å². The van der Waals surface area contributed by atoms with Crippen molar-refractivity contribution in [2.24, 2.45) is 0 Å². The van der Waals surface area contributed by atoms with Gasteiger partial charge in [-0.1, -0.05) is 15.9 Å². The SMILES string of the molecule is Cc1nn(-c2ccc(Br)cc2)c(C)c1C(=O)Nc1ccc(N2CC(C)OC(C)C2)nc1. The third kappa shape index (κ3) is 4.65. The van der Waals surface area contributed by atoms with Gasteiger partial charge < -0.3 is 15.0 Å². The first-order valence-corrected chi connectivity index (χ1v) is 11.1. The Morgan fingerprint density at radius 1 is 1.10 bits per heavy atom. The van der Waals surface area contributed by atoms with Crippen molar-refractivity contribution in [2.45, 2.75) is 39.9 Å². The Morgan fingerprint density at radius 3 is 2.39 bits per heavy atom. The number of halogens is 1. The summed E-state index contributed by atoms with van der Waals surface area (Å²) in [5, 5.41) is 7.52. The minimum Gasteiger partial charge on any atom is -0.372 e. The highest BCUT2D eigenvalue weighted by Crippen LogP contribution is 2.23. The molecule has 0 aliphatic carbocycles. The van der Waals surface area contributed by atoms with Crippen LogP contribution < -0.4 is 10.2 Å². The number of hydrogen-bond donors (Lipinski definition) is 1. The predicted octanol–water partition coefficient (Wildman–Crippen LogP) is 4.51. The highest BCUT2D eigenvalue weighted by molar-refractivity contribution is 9.10. The van der Waals surface area contributed by atoms with E-state index >= 15 is 0 Å². The van der Waals surface area contributed by atoms with E-state index in [4.69, 9.17) is 4.74 Å². The van der Waals surface area contributed by atoms with Crippen LogP contribution in [0.5, 0.6) is 0 Å². The molecule has 162 valence electrons. The van der Waals surface area contributed by atoms with Crippen LogP contribution in [0.4, 0.5) is 11.5 Å². The summed E-state index contributed by atoms with van der Waals surface area (Å²) < 4.78 is 8.57. The van der Waals surface area contributed by atoms with E-state index in [1.54, 1.807) is 10.9 Å². The second-order valence-electron chi connectivity index (χ2n) is 7.96. The molecule has 2 aromatic heterocycles. The van der Waals surface area contributed by atoms with Crippen molar-refractivity contribution in [1.82, 2.24) is 14.8 Å². The molecule has 2 atom stereocenters. The molecule has 8 heteroatoms. The molecule has 3 heterocycles. The zero-order chi connectivity index (χ0) is 22.1. The van der Waals surface area contributed by atoms with Crippen LogP contribution in [0, 0.1) is 13.8 Å². The van der Waals surface area contributed by atoms with Crippen LogP contribution in [0.1, 0.15) is 35.6 Å². The van der Waals surface area contributed by atoms with Crippen molar-refractivity contribution < 1.29 is 9.53 Å². The maximum absolute atomic E-state index is 13.0. The lowest BCUT2D eigenvalue weighted by atomic mass is 10.1. The highest BCUT2D eigenvalue weighted by Gasteiger charge is 2.23. The molecule has 1 N–H and O–H groups in total. The zero-order valence-electron chi connectivity index (χ0n) is 18.1. The molecule has 1 aliphatic rings. The van der Waals surface area contributed by atoms with E-state index in [9.17, 15) is 4.79 Å². The number of anilines is 2. The molecule has 31 heavy (non-hydrogen) atoms. The number of morpholine rings is 1. The van der Waals surface area contributed by atoms with Crippen molar-refractivity contribution in [3.8, 4) is 5.69 Å². The monoisotopic (exact) mass is 483 g/mol. The maximum atomic E-state index is 13.0. The Balaban J connectivity index is 1.50. The van der Waals surface area contributed by atoms with E-state index in [-0.39, 0.29) is 18.1 Å². The molecule has 4 rings (SSSR count). The van der Waals surface area contributed by atoms with E-state index in [1.165, 1.54) is 0 Å². The van der Waals surface area contributed by atoms with Gasteiger partial charge in [0.1, 0.15) is 5.82 Å². The number of aromatic nitrogens is 3. The Kier molecular flexibility index (Phi) is 6.11. The van der Waals surface area contributed by atoms with Gasteiger partial charge in [-0.05, 0) is 64.1 Å². The number of rotatable bonds is 4. The average molecular weight is 484 g/mol. The van der Waals surface area contributed by atoms with Crippen LogP contribution in [0.25, 0.3) is 5.69 Å². The lowest BCUT2D eigenvalue weighted by Crippen LogP contribution is -2.45. The third-order valence-electron chi connectivity index (χ3n) is 5.34. The molecule has 1 aliphatic heterocycles. The molecule has 0 bridgehead atoms. The van der Waals surface area contributed by atoms with Crippen LogP contribution in [0.3, 0.4) is 0 Å². The van der Waals surface area contributed by atoms with Crippen LogP contribution >= 0.6 is 15.9 Å². The summed E-state index contributed by atoms with van der Waals surface area (Å²) in [5.74, 6) is 0.692. The van der Waals surface area contributed by atoms with Crippen molar-refractivity contribution in [3.63, 3.8) is 0 Å². The minimum atomic E-state index is -0.193. The smallest absolute Gasteiger partial charge is 0.259 e. The van der Waals surface area contributed by atoms with Crippen molar-refractivity contribution in [1.29, 1.82) is 0 Å². The first kappa shape index (κ1) is 21.5. The van der Waals surface area contributed by atoms with Gasteiger partial charge >= 0.3 is 0 Å². The van der Waals surface area contributed by atoms with Crippen molar-refractivity contribution in [2.75, 3.05) is 23.3 Å². The first-order chi connectivity index (χ1) is 14.8. The van der Waals surface area contributed by atoms with Gasteiger partial charge in [0.05, 0.1) is 46.7 Å². The molecular formula is C23H26BrN5O2. The fourth-order valence-corrected chi connectivity index (χ4v) is 4.27. The zero-order valence-corrected chi connectivity index (χ0v) is 19.7. The summed E-state index contributed by atoms with van der Waals surface area (Å²) in [6.07, 6.45) is 2.03. The van der Waals surface area contributed by atoms with Crippen molar-refractivity contribution >= 4 is 33.3 Å². The van der Waals surface area contributed by atoms with Crippen LogP contribution in [0.2, 0.25) is 0 Å². The fourth-order valence-electron chi connectivity index (χ4n) is 4.01. The average Bonchev–Trinajstić information content (AvgIpc) is 3.02. The molecule has 3 aromatic rings. The van der Waals surface area contributed by atoms with Gasteiger partial charge in [-0.15, -0.1) is 0 Å². The summed E-state index contributed by atoms with van der Waals surface area (Å²) >= 11 is 3.44. The summed E-state index contributed by atoms with van der Waals surface area (Å²) in [6.45, 7) is 9.48. The number of benzene rings is 1. The number of nitrogens with zero attached hydrogens (tertiary/aromatic N) is 4. The standard InChI is InChI=1S/C23H26BrN5O2/c1-14-12-28(13-15(2)31-14)21-10-7-19(11-25-21)26-23(30)22-16(3)27-29(17(22)4)20-8-5-18(24)6-9-20/h5-11,14-15H,12-13H2,1-4H3,(H,26,30). The molecule has 1 fully saturated rings. The van der Waals surface area contributed by atoms with E-state index in [1.807, 2.05) is 50.2 Å². The number of nitrogens with one attached hydrogen (secondary N) is 1. The number of hydrogen-bond acceptors (Lipinski definition) is 5. The van der Waals surface area contributed by atoms with Gasteiger partial charge in [0.15, 0.2) is 0 Å². The molecule has 7 nitrogen and oxygen atoms in total. The molecule has 0 spiro atoms. The van der Waals surface area contributed by atoms with E-state index in [2.05, 4.69) is 50.1 Å². The number of amides is 1. The molecule has 2 unspecified atom stereocenters. The van der Waals surface area contributed by atoms with Crippen LogP contribution in [0.15, 0.2) is 47.1 Å². The molecule has 1 amide bonds. The van der Waals surface area contributed by atoms with Gasteiger partial charge in [-0.25, -0.2) is 9.67 Å². The van der Waals surface area contributed by atoms with Gasteiger partial charge in [0.25, 0.3) is 5.91 Å². The predicted molar refractivity (Wildman–Crippen MR) is 125 cm³/mol. The minimum absolute atomic E-state index is 0.165. The molecule has 1 saturated heterocycles. The molecule has 0 saturated carbocycles. The number of pyridine rings is 1. The van der Waals surface area contributed by atoms with Crippen molar-refractivity contribution in [3.05, 3.63) is 64.0 Å². The summed E-state index contributed by atoms with van der Waals surface area (Å²) in [4.78, 5) is 19.8. The lowest BCUT2D eigenvalue weighted by molar-refractivity contribution is -0.00545. The third-order valence-corrected chi connectivity index (χ3v) is 5.87. The van der Waals surface area contributed by atoms with Crippen LogP contribution in [-0.2, 0) is 4.74 Å². The number of carbonyl (C=O) groups excluding carboxylic acids is 1. The second-order valence-corrected chi connectivity index (χ2v) is 8.87. The molecule has 1 aromatic carbocycles. The Hall–Kier alpha value is -2.71. The quantitative estimate of drug-likeness (QED) is 0.590. The van der Waals surface area contributed by atoms with E-state index in [0.717, 1.165) is 34.8 Å². The van der Waals surface area contributed by atoms with E-state index < -0.39 is 0 Å². The Morgan fingerprint density at radius 2 is 1.77 bits per heavy atom. The lowest BCUT2D eigenvalue weighted by Gasteiger charge is -2.36. The van der Waals surface area contributed by atoms with E-state index in [0.29, 0.717) is 16.9 Å². The number of carbonyl (C=O) groups is 1. The number of aryl methyl sites for hydroxylation is 1. The molecule has 0 radical (unpaired) electrons. The normalized spacial score (nSPS) is 18.8. The fraction of sp³-hybridized carbons (Fsp3) is 0.348. The topological polar surface area (TPSA) is 72.3 Å². The second kappa shape index (κ2) is 8.80. The molecular weight excluding hydrogens is 458 g/mol. The van der Waals surface area contributed by atoms with Gasteiger partial charge in [-0.2, -0.15) is 5.10 Å². The highest BCUT2D eigenvalue weighted by atomic mass is 79.9. The van der Waals surface area contributed by atoms with Gasteiger partial charge in [0, 0.05) is 17.6 Å². The van der Waals surface area contributed by atoms with Gasteiger partial charge in [-0.3, -0.25) is 4.79 Å². The Labute approximate surface area is 190 Å². The maximum Gasteiger partial charge on any atom is 0.259 e. The van der Waals surface area contributed by atoms with Crippen LogP contribution in [-0.4, -0.2) is 46.0 Å². The number of ether oxygens (including phenoxy) is 1. The first-order valence-electron chi connectivity index (χ1n) is 10.3. The summed E-state index contributed by atoms with van der Waals surface area (Å²) in [5.41, 5.74) is 3.60.